The van der Waals surface area contributed by atoms with Gasteiger partial charge in [0, 0.05) is 38.8 Å². The summed E-state index contributed by atoms with van der Waals surface area (Å²) in [5.74, 6) is 1.21. The highest BCUT2D eigenvalue weighted by Crippen LogP contribution is 2.31. The Morgan fingerprint density at radius 2 is 1.88 bits per heavy atom. The number of hydrogen-bond donors (Lipinski definition) is 0. The molecule has 1 aromatic rings. The minimum Gasteiger partial charge on any atom is -0.359 e. The molecule has 0 unspecified atom stereocenters. The average Bonchev–Trinajstić information content (AvgIpc) is 3.16. The number of carbonyl (C=O) groups excluding carboxylic acids is 1. The van der Waals surface area contributed by atoms with Crippen LogP contribution in [0.1, 0.15) is 44.1 Å². The number of alkyl halides is 3. The van der Waals surface area contributed by atoms with Crippen LogP contribution in [0.15, 0.2) is 18.3 Å². The summed E-state index contributed by atoms with van der Waals surface area (Å²) in [6.07, 6.45) is 2.97. The Morgan fingerprint density at radius 1 is 1.23 bits per heavy atom. The van der Waals surface area contributed by atoms with Gasteiger partial charge in [-0.3, -0.25) is 4.79 Å². The Balaban J connectivity index is 1.52. The lowest BCUT2D eigenvalue weighted by Gasteiger charge is -2.35. The van der Waals surface area contributed by atoms with E-state index in [0.717, 1.165) is 63.7 Å². The van der Waals surface area contributed by atoms with E-state index >= 15 is 0 Å². The molecule has 1 aliphatic carbocycles. The van der Waals surface area contributed by atoms with Gasteiger partial charge < -0.3 is 9.80 Å². The lowest BCUT2D eigenvalue weighted by atomic mass is 9.95. The molecule has 2 heterocycles. The predicted octanol–water partition coefficient (Wildman–Crippen LogP) is 3.97. The van der Waals surface area contributed by atoms with Gasteiger partial charge in [0.05, 0.1) is 5.56 Å². The molecule has 2 aliphatic rings. The molecule has 4 nitrogen and oxygen atoms in total. The molecule has 26 heavy (non-hydrogen) atoms. The van der Waals surface area contributed by atoms with Gasteiger partial charge in [0.25, 0.3) is 0 Å². The zero-order valence-corrected chi connectivity index (χ0v) is 15.1. The molecule has 0 radical (unpaired) electrons. The first-order chi connectivity index (χ1) is 12.3. The second-order valence-electron chi connectivity index (χ2n) is 7.53. The second kappa shape index (κ2) is 7.84. The molecule has 0 N–H and O–H groups in total. The summed E-state index contributed by atoms with van der Waals surface area (Å²) in [5, 5.41) is 0. The summed E-state index contributed by atoms with van der Waals surface area (Å²) in [4.78, 5) is 20.3. The Kier molecular flexibility index (Phi) is 5.73. The van der Waals surface area contributed by atoms with Crippen molar-refractivity contribution in [3.8, 4) is 0 Å². The summed E-state index contributed by atoms with van der Waals surface area (Å²) in [6.45, 7) is 2.16. The van der Waals surface area contributed by atoms with Crippen LogP contribution in [0.2, 0.25) is 0 Å². The fourth-order valence-corrected chi connectivity index (χ4v) is 4.05. The van der Waals surface area contributed by atoms with Gasteiger partial charge in [-0.15, -0.1) is 0 Å². The molecule has 2 fully saturated rings. The molecular weight excluding hydrogens is 343 g/mol. The Hall–Kier alpha value is -1.79. The molecular formula is C19H26F3N3O. The van der Waals surface area contributed by atoms with Crippen LogP contribution in [-0.4, -0.2) is 42.5 Å². The third-order valence-electron chi connectivity index (χ3n) is 5.63. The number of carbonyl (C=O) groups is 1. The number of hydrogen-bond acceptors (Lipinski definition) is 3. The molecule has 0 atom stereocenters. The van der Waals surface area contributed by atoms with Crippen molar-refractivity contribution in [2.75, 3.05) is 31.6 Å². The fourth-order valence-electron chi connectivity index (χ4n) is 4.05. The van der Waals surface area contributed by atoms with Crippen molar-refractivity contribution in [2.24, 2.45) is 11.8 Å². The van der Waals surface area contributed by atoms with E-state index in [1.54, 1.807) is 11.9 Å². The quantitative estimate of drug-likeness (QED) is 0.806. The SMILES string of the molecule is CN(CC1CCN(C(=O)C2CCCC2)CC1)c1cc(C(F)(F)F)ccn1. The number of amides is 1. The smallest absolute Gasteiger partial charge is 0.359 e. The highest BCUT2D eigenvalue weighted by molar-refractivity contribution is 5.79. The average molecular weight is 369 g/mol. The summed E-state index contributed by atoms with van der Waals surface area (Å²) >= 11 is 0. The molecule has 1 saturated heterocycles. The largest absolute Gasteiger partial charge is 0.416 e. The van der Waals surface area contributed by atoms with Gasteiger partial charge in [0.15, 0.2) is 0 Å². The van der Waals surface area contributed by atoms with Crippen LogP contribution in [0.3, 0.4) is 0 Å². The molecule has 1 saturated carbocycles. The number of anilines is 1. The number of piperidine rings is 1. The van der Waals surface area contributed by atoms with Crippen molar-refractivity contribution in [1.82, 2.24) is 9.88 Å². The van der Waals surface area contributed by atoms with E-state index in [1.807, 2.05) is 4.90 Å². The third kappa shape index (κ3) is 4.48. The summed E-state index contributed by atoms with van der Waals surface area (Å²) in [5.41, 5.74) is -0.675. The molecule has 144 valence electrons. The molecule has 1 aliphatic heterocycles. The zero-order chi connectivity index (χ0) is 18.7. The molecule has 7 heteroatoms. The van der Waals surface area contributed by atoms with Crippen molar-refractivity contribution in [1.29, 1.82) is 0 Å². The molecule has 1 amide bonds. The summed E-state index contributed by atoms with van der Waals surface area (Å²) in [6, 6.07) is 2.09. The number of halogens is 3. The van der Waals surface area contributed by atoms with Gasteiger partial charge in [-0.2, -0.15) is 13.2 Å². The minimum atomic E-state index is -4.36. The van der Waals surface area contributed by atoms with E-state index < -0.39 is 11.7 Å². The van der Waals surface area contributed by atoms with E-state index in [4.69, 9.17) is 0 Å². The molecule has 3 rings (SSSR count). The Morgan fingerprint density at radius 3 is 2.50 bits per heavy atom. The van der Waals surface area contributed by atoms with E-state index in [9.17, 15) is 18.0 Å². The second-order valence-corrected chi connectivity index (χ2v) is 7.53. The number of aromatic nitrogens is 1. The highest BCUT2D eigenvalue weighted by atomic mass is 19.4. The van der Waals surface area contributed by atoms with Gasteiger partial charge in [-0.25, -0.2) is 4.98 Å². The molecule has 0 spiro atoms. The predicted molar refractivity (Wildman–Crippen MR) is 93.8 cm³/mol. The monoisotopic (exact) mass is 369 g/mol. The first-order valence-corrected chi connectivity index (χ1v) is 9.38. The van der Waals surface area contributed by atoms with E-state index in [1.165, 1.54) is 6.20 Å². The lowest BCUT2D eigenvalue weighted by molar-refractivity contribution is -0.138. The maximum atomic E-state index is 12.9. The van der Waals surface area contributed by atoms with Crippen LogP contribution >= 0.6 is 0 Å². The normalized spacial score (nSPS) is 19.8. The van der Waals surface area contributed by atoms with Crippen molar-refractivity contribution in [3.63, 3.8) is 0 Å². The van der Waals surface area contributed by atoms with E-state index in [2.05, 4.69) is 4.98 Å². The van der Waals surface area contributed by atoms with Gasteiger partial charge in [0.1, 0.15) is 5.82 Å². The summed E-state index contributed by atoms with van der Waals surface area (Å²) in [7, 11) is 1.78. The minimum absolute atomic E-state index is 0.212. The van der Waals surface area contributed by atoms with Gasteiger partial charge in [-0.05, 0) is 43.7 Å². The topological polar surface area (TPSA) is 36.4 Å². The van der Waals surface area contributed by atoms with Gasteiger partial charge in [-0.1, -0.05) is 12.8 Å². The molecule has 0 aromatic carbocycles. The van der Waals surface area contributed by atoms with Crippen LogP contribution in [0.5, 0.6) is 0 Å². The Labute approximate surface area is 152 Å². The van der Waals surface area contributed by atoms with Crippen molar-refractivity contribution < 1.29 is 18.0 Å². The van der Waals surface area contributed by atoms with Crippen molar-refractivity contribution in [2.45, 2.75) is 44.7 Å². The number of rotatable bonds is 4. The first-order valence-electron chi connectivity index (χ1n) is 9.38. The molecule has 0 bridgehead atoms. The number of pyridine rings is 1. The van der Waals surface area contributed by atoms with Crippen LogP contribution in [0.25, 0.3) is 0 Å². The lowest BCUT2D eigenvalue weighted by Crippen LogP contribution is -2.43. The highest BCUT2D eigenvalue weighted by Gasteiger charge is 2.32. The van der Waals surface area contributed by atoms with Crippen LogP contribution in [0, 0.1) is 11.8 Å². The van der Waals surface area contributed by atoms with Crippen LogP contribution < -0.4 is 4.90 Å². The van der Waals surface area contributed by atoms with E-state index in [-0.39, 0.29) is 5.92 Å². The summed E-state index contributed by atoms with van der Waals surface area (Å²) < 4.78 is 38.6. The van der Waals surface area contributed by atoms with Gasteiger partial charge in [0.2, 0.25) is 5.91 Å². The first kappa shape index (κ1) is 19.0. The van der Waals surface area contributed by atoms with Crippen LogP contribution in [-0.2, 0) is 11.0 Å². The third-order valence-corrected chi connectivity index (χ3v) is 5.63. The molecule has 1 aromatic heterocycles. The van der Waals surface area contributed by atoms with Crippen molar-refractivity contribution in [3.05, 3.63) is 23.9 Å². The van der Waals surface area contributed by atoms with Crippen molar-refractivity contribution >= 4 is 11.7 Å². The Bertz CT molecular complexity index is 621. The van der Waals surface area contributed by atoms with Gasteiger partial charge >= 0.3 is 6.18 Å². The van der Waals surface area contributed by atoms with Crippen LogP contribution in [0.4, 0.5) is 19.0 Å². The maximum Gasteiger partial charge on any atom is 0.416 e. The number of likely N-dealkylation sites (tertiary alicyclic amines) is 1. The number of nitrogens with zero attached hydrogens (tertiary/aromatic N) is 3. The fraction of sp³-hybridized carbons (Fsp3) is 0.684. The van der Waals surface area contributed by atoms with E-state index in [0.29, 0.717) is 24.2 Å². The standard InChI is InChI=1S/C19H26F3N3O/c1-24(17-12-16(6-9-23-17)19(20,21)22)13-14-7-10-25(11-8-14)18(26)15-4-2-3-5-15/h6,9,12,14-15H,2-5,7-8,10-11,13H2,1H3. The zero-order valence-electron chi connectivity index (χ0n) is 15.1. The maximum absolute atomic E-state index is 12.9.